The number of ether oxygens (including phenoxy) is 1. The topological polar surface area (TPSA) is 82.1 Å². The predicted octanol–water partition coefficient (Wildman–Crippen LogP) is 3.41. The molecule has 2 aliphatic rings. The van der Waals surface area contributed by atoms with Crippen LogP contribution in [-0.2, 0) is 23.9 Å². The van der Waals surface area contributed by atoms with Gasteiger partial charge in [0.25, 0.3) is 0 Å². The van der Waals surface area contributed by atoms with Crippen molar-refractivity contribution in [1.29, 1.82) is 0 Å². The third kappa shape index (κ3) is 5.67. The minimum atomic E-state index is -3.49. The van der Waals surface area contributed by atoms with E-state index in [1.165, 1.54) is 0 Å². The fourth-order valence-electron chi connectivity index (χ4n) is 3.91. The zero-order valence-electron chi connectivity index (χ0n) is 20.3. The number of amides is 1. The molecule has 1 unspecified atom stereocenters. The first-order valence-corrected chi connectivity index (χ1v) is 12.9. The Kier molecular flexibility index (Phi) is 6.77. The van der Waals surface area contributed by atoms with Crippen molar-refractivity contribution < 1.29 is 27.3 Å². The zero-order chi connectivity index (χ0) is 23.9. The van der Waals surface area contributed by atoms with Crippen LogP contribution in [0.25, 0.3) is 0 Å². The lowest BCUT2D eigenvalue weighted by atomic mass is 9.79. The Bertz CT molecular complexity index is 920. The van der Waals surface area contributed by atoms with Crippen LogP contribution in [0.4, 0.5) is 4.79 Å². The van der Waals surface area contributed by atoms with Gasteiger partial charge in [0.2, 0.25) is 0 Å². The fraction of sp³-hybridized carbons (Fsp3) is 0.696. The summed E-state index contributed by atoms with van der Waals surface area (Å²) in [6.07, 6.45) is 1.15. The lowest BCUT2D eigenvalue weighted by Gasteiger charge is -2.34. The van der Waals surface area contributed by atoms with E-state index in [2.05, 4.69) is 0 Å². The number of benzene rings is 1. The van der Waals surface area contributed by atoms with Crippen molar-refractivity contribution in [2.75, 3.05) is 18.8 Å². The van der Waals surface area contributed by atoms with Crippen molar-refractivity contribution in [1.82, 2.24) is 4.90 Å². The largest absolute Gasteiger partial charge is 0.494 e. The molecule has 0 aromatic heterocycles. The number of carbonyl (C=O) groups excluding carboxylic acids is 1. The van der Waals surface area contributed by atoms with E-state index in [1.807, 2.05) is 48.5 Å². The van der Waals surface area contributed by atoms with Gasteiger partial charge in [-0.3, -0.25) is 0 Å². The normalized spacial score (nSPS) is 23.3. The molecule has 1 aromatic carbocycles. The molecule has 0 spiro atoms. The molecule has 1 atom stereocenters. The first kappa shape index (κ1) is 25.1. The average molecular weight is 465 g/mol. The molecule has 0 saturated carbocycles. The summed E-state index contributed by atoms with van der Waals surface area (Å²) < 4.78 is 43.6. The maximum absolute atomic E-state index is 13.0. The fourth-order valence-corrected chi connectivity index (χ4v) is 5.55. The number of hydrogen-bond donors (Lipinski definition) is 0. The molecule has 0 aliphatic carbocycles. The van der Waals surface area contributed by atoms with Gasteiger partial charge in [-0.2, -0.15) is 0 Å². The molecule has 178 valence electrons. The summed E-state index contributed by atoms with van der Waals surface area (Å²) in [6.45, 7) is 14.4. The Labute approximate surface area is 192 Å². The van der Waals surface area contributed by atoms with E-state index in [0.717, 1.165) is 18.3 Å². The lowest BCUT2D eigenvalue weighted by molar-refractivity contribution is 0.00578. The molecule has 0 N–H and O–H groups in total. The lowest BCUT2D eigenvalue weighted by Crippen LogP contribution is -2.44. The number of rotatable bonds is 4. The van der Waals surface area contributed by atoms with Crippen LogP contribution in [0, 0.1) is 5.92 Å². The van der Waals surface area contributed by atoms with Crippen molar-refractivity contribution in [3.63, 3.8) is 0 Å². The molecule has 7 nitrogen and oxygen atoms in total. The van der Waals surface area contributed by atoms with Crippen LogP contribution in [0.15, 0.2) is 29.2 Å². The van der Waals surface area contributed by atoms with Gasteiger partial charge in [0.05, 0.1) is 21.9 Å². The van der Waals surface area contributed by atoms with Crippen LogP contribution in [0.3, 0.4) is 0 Å². The summed E-state index contributed by atoms with van der Waals surface area (Å²) in [5.41, 5.74) is -0.696. The van der Waals surface area contributed by atoms with Crippen LogP contribution >= 0.6 is 0 Å². The second-order valence-corrected chi connectivity index (χ2v) is 12.9. The first-order chi connectivity index (χ1) is 14.6. The van der Waals surface area contributed by atoms with Crippen LogP contribution in [0.2, 0.25) is 0 Å². The van der Waals surface area contributed by atoms with Gasteiger partial charge < -0.3 is 18.9 Å². The summed E-state index contributed by atoms with van der Waals surface area (Å²) in [4.78, 5) is 14.3. The van der Waals surface area contributed by atoms with Gasteiger partial charge in [0.1, 0.15) is 5.60 Å². The van der Waals surface area contributed by atoms with Gasteiger partial charge in [-0.25, -0.2) is 13.2 Å². The molecule has 1 aromatic rings. The van der Waals surface area contributed by atoms with Crippen LogP contribution < -0.4 is 5.46 Å². The van der Waals surface area contributed by atoms with Crippen LogP contribution in [-0.4, -0.2) is 62.2 Å². The van der Waals surface area contributed by atoms with E-state index < -0.39 is 33.8 Å². The number of hydrogen-bond acceptors (Lipinski definition) is 6. The second-order valence-electron chi connectivity index (χ2n) is 10.9. The number of sulfone groups is 1. The second kappa shape index (κ2) is 8.65. The molecule has 9 heteroatoms. The number of likely N-dealkylation sites (tertiary alicyclic amines) is 1. The van der Waals surface area contributed by atoms with E-state index in [0.29, 0.717) is 13.1 Å². The number of piperidine rings is 1. The third-order valence-corrected chi connectivity index (χ3v) is 8.29. The molecule has 32 heavy (non-hydrogen) atoms. The van der Waals surface area contributed by atoms with E-state index in [4.69, 9.17) is 14.0 Å². The van der Waals surface area contributed by atoms with Crippen LogP contribution in [0.5, 0.6) is 0 Å². The monoisotopic (exact) mass is 465 g/mol. The predicted molar refractivity (Wildman–Crippen MR) is 125 cm³/mol. The van der Waals surface area contributed by atoms with Crippen molar-refractivity contribution >= 4 is 28.5 Å². The zero-order valence-corrected chi connectivity index (χ0v) is 21.1. The van der Waals surface area contributed by atoms with Crippen LogP contribution in [0.1, 0.15) is 61.3 Å². The highest BCUT2D eigenvalue weighted by Crippen LogP contribution is 2.36. The van der Waals surface area contributed by atoms with Crippen molar-refractivity contribution in [2.24, 2.45) is 5.92 Å². The smallest absolute Gasteiger partial charge is 0.444 e. The minimum Gasteiger partial charge on any atom is -0.444 e. The quantitative estimate of drug-likeness (QED) is 0.634. The van der Waals surface area contributed by atoms with Gasteiger partial charge in [-0.1, -0.05) is 12.1 Å². The molecule has 2 fully saturated rings. The Hall–Kier alpha value is -1.58. The maximum atomic E-state index is 13.0. The van der Waals surface area contributed by atoms with E-state index >= 15 is 0 Å². The summed E-state index contributed by atoms with van der Waals surface area (Å²) >= 11 is 0. The highest BCUT2D eigenvalue weighted by Gasteiger charge is 2.51. The maximum Gasteiger partial charge on any atom is 0.494 e. The molecular formula is C23H36BNO6S. The Morgan fingerprint density at radius 3 is 2.22 bits per heavy atom. The Morgan fingerprint density at radius 2 is 1.69 bits per heavy atom. The Morgan fingerprint density at radius 1 is 1.12 bits per heavy atom. The van der Waals surface area contributed by atoms with E-state index in [-0.39, 0.29) is 22.7 Å². The summed E-state index contributed by atoms with van der Waals surface area (Å²) in [5.74, 6) is -0.119. The molecule has 2 heterocycles. The minimum absolute atomic E-state index is 0.00212. The Balaban J connectivity index is 1.65. The standard InChI is InChI=1S/C23H36BNO6S/c1-21(2,3)29-20(26)25-14-8-9-17(15-25)16-32(27,28)19-12-10-18(11-13-19)24-30-22(4,5)23(6,7)31-24/h10-13,17H,8-9,14-16H2,1-7H3. The third-order valence-electron chi connectivity index (χ3n) is 6.39. The van der Waals surface area contributed by atoms with Gasteiger partial charge in [0, 0.05) is 13.1 Å². The highest BCUT2D eigenvalue weighted by atomic mass is 32.2. The molecule has 1 amide bonds. The van der Waals surface area contributed by atoms with E-state index in [1.54, 1.807) is 29.2 Å². The van der Waals surface area contributed by atoms with Crippen molar-refractivity contribution in [3.8, 4) is 0 Å². The molecule has 0 bridgehead atoms. The molecular weight excluding hydrogens is 429 g/mol. The van der Waals surface area contributed by atoms with Gasteiger partial charge in [0.15, 0.2) is 9.84 Å². The summed E-state index contributed by atoms with van der Waals surface area (Å²) in [6, 6.07) is 6.74. The summed E-state index contributed by atoms with van der Waals surface area (Å²) in [7, 11) is -4.02. The van der Waals surface area contributed by atoms with E-state index in [9.17, 15) is 13.2 Å². The van der Waals surface area contributed by atoms with Crippen molar-refractivity contribution in [2.45, 2.75) is 83.0 Å². The van der Waals surface area contributed by atoms with Crippen molar-refractivity contribution in [3.05, 3.63) is 24.3 Å². The molecule has 2 saturated heterocycles. The number of nitrogens with zero attached hydrogens (tertiary/aromatic N) is 1. The first-order valence-electron chi connectivity index (χ1n) is 11.3. The van der Waals surface area contributed by atoms with Gasteiger partial charge in [-0.15, -0.1) is 0 Å². The molecule has 2 aliphatic heterocycles. The molecule has 3 rings (SSSR count). The highest BCUT2D eigenvalue weighted by molar-refractivity contribution is 7.91. The number of carbonyl (C=O) groups is 1. The van der Waals surface area contributed by atoms with Gasteiger partial charge >= 0.3 is 13.2 Å². The summed E-state index contributed by atoms with van der Waals surface area (Å²) in [5, 5.41) is 0. The SMILES string of the molecule is CC(C)(C)OC(=O)N1CCCC(CS(=O)(=O)c2ccc(B3OC(C)(C)C(C)(C)O3)cc2)C1. The average Bonchev–Trinajstić information content (AvgIpc) is 2.88. The molecule has 0 radical (unpaired) electrons. The van der Waals surface area contributed by atoms with Gasteiger partial charge in [-0.05, 0) is 84.8 Å².